The van der Waals surface area contributed by atoms with E-state index >= 15 is 0 Å². The van der Waals surface area contributed by atoms with Crippen molar-refractivity contribution in [2.45, 2.75) is 6.42 Å². The third kappa shape index (κ3) is 3.38. The molecule has 8 heteroatoms. The van der Waals surface area contributed by atoms with E-state index in [0.717, 1.165) is 0 Å². The summed E-state index contributed by atoms with van der Waals surface area (Å²) in [6, 6.07) is 6.78. The summed E-state index contributed by atoms with van der Waals surface area (Å²) in [6.07, 6.45) is -0.228. The minimum Gasteiger partial charge on any atom is -0.493 e. The molecule has 0 aliphatic carbocycles. The second-order valence-corrected chi connectivity index (χ2v) is 6.58. The summed E-state index contributed by atoms with van der Waals surface area (Å²) in [5, 5.41) is 10.8. The number of H-pyrrole nitrogens is 1. The molecule has 0 radical (unpaired) electrons. The van der Waals surface area contributed by atoms with Gasteiger partial charge in [-0.2, -0.15) is 0 Å². The Morgan fingerprint density at radius 2 is 1.78 bits per heavy atom. The maximum atomic E-state index is 11.5. The van der Waals surface area contributed by atoms with E-state index in [0.29, 0.717) is 55.0 Å². The molecule has 3 aromatic rings. The summed E-state index contributed by atoms with van der Waals surface area (Å²) >= 11 is 12.5. The zero-order valence-electron chi connectivity index (χ0n) is 14.9. The Kier molecular flexibility index (Phi) is 5.39. The fraction of sp³-hybridized carbons (Fsp3) is 0.211. The molecule has 142 valence electrons. The molecule has 2 aromatic carbocycles. The number of methoxy groups -OCH3 is 3. The molecule has 0 fully saturated rings. The van der Waals surface area contributed by atoms with E-state index in [9.17, 15) is 9.90 Å². The normalized spacial score (nSPS) is 10.9. The highest BCUT2D eigenvalue weighted by atomic mass is 35.5. The van der Waals surface area contributed by atoms with Crippen molar-refractivity contribution in [1.29, 1.82) is 0 Å². The molecule has 0 saturated heterocycles. The predicted octanol–water partition coefficient (Wildman–Crippen LogP) is 4.79. The quantitative estimate of drug-likeness (QED) is 0.611. The van der Waals surface area contributed by atoms with E-state index < -0.39 is 5.97 Å². The van der Waals surface area contributed by atoms with Gasteiger partial charge in [0.2, 0.25) is 5.75 Å². The molecule has 0 bridgehead atoms. The average molecular weight is 410 g/mol. The first-order valence-electron chi connectivity index (χ1n) is 7.92. The fourth-order valence-electron chi connectivity index (χ4n) is 3.17. The maximum absolute atomic E-state index is 11.5. The monoisotopic (exact) mass is 409 g/mol. The van der Waals surface area contributed by atoms with Crippen LogP contribution in [0.2, 0.25) is 10.0 Å². The Bertz CT molecular complexity index is 1030. The topological polar surface area (TPSA) is 80.8 Å². The Balaban J connectivity index is 2.37. The average Bonchev–Trinajstić information content (AvgIpc) is 2.97. The van der Waals surface area contributed by atoms with Crippen molar-refractivity contribution in [2.75, 3.05) is 21.3 Å². The summed E-state index contributed by atoms with van der Waals surface area (Å²) in [5.41, 5.74) is 2.35. The van der Waals surface area contributed by atoms with Gasteiger partial charge in [0.15, 0.2) is 11.5 Å². The number of carbonyl (C=O) groups is 1. The van der Waals surface area contributed by atoms with Crippen LogP contribution in [0, 0.1) is 0 Å². The number of halogens is 2. The molecule has 1 aromatic heterocycles. The van der Waals surface area contributed by atoms with E-state index in [1.54, 1.807) is 24.3 Å². The minimum atomic E-state index is -0.984. The Hall–Kier alpha value is -2.57. The van der Waals surface area contributed by atoms with Gasteiger partial charge < -0.3 is 24.3 Å². The van der Waals surface area contributed by atoms with Crippen LogP contribution in [0.1, 0.15) is 5.56 Å². The van der Waals surface area contributed by atoms with Crippen LogP contribution in [0.4, 0.5) is 0 Å². The van der Waals surface area contributed by atoms with Gasteiger partial charge in [-0.05, 0) is 29.8 Å². The van der Waals surface area contributed by atoms with Gasteiger partial charge in [-0.25, -0.2) is 0 Å². The van der Waals surface area contributed by atoms with Crippen LogP contribution in [0.15, 0.2) is 24.3 Å². The van der Waals surface area contributed by atoms with Crippen LogP contribution in [-0.2, 0) is 11.2 Å². The lowest BCUT2D eigenvalue weighted by Crippen LogP contribution is -2.02. The van der Waals surface area contributed by atoms with Gasteiger partial charge in [-0.1, -0.05) is 23.2 Å². The number of aliphatic carboxylic acids is 1. The highest BCUT2D eigenvalue weighted by Crippen LogP contribution is 2.46. The molecule has 0 atom stereocenters. The summed E-state index contributed by atoms with van der Waals surface area (Å²) in [7, 11) is 4.53. The van der Waals surface area contributed by atoms with Gasteiger partial charge in [-0.15, -0.1) is 0 Å². The largest absolute Gasteiger partial charge is 0.493 e. The van der Waals surface area contributed by atoms with E-state index in [1.807, 2.05) is 0 Å². The third-order valence-corrected chi connectivity index (χ3v) is 4.74. The second-order valence-electron chi connectivity index (χ2n) is 5.74. The lowest BCUT2D eigenvalue weighted by atomic mass is 10.0. The Labute approximate surface area is 165 Å². The second kappa shape index (κ2) is 7.58. The van der Waals surface area contributed by atoms with E-state index in [1.165, 1.54) is 21.3 Å². The zero-order valence-corrected chi connectivity index (χ0v) is 16.4. The van der Waals surface area contributed by atoms with Crippen molar-refractivity contribution in [3.63, 3.8) is 0 Å². The number of ether oxygens (including phenoxy) is 3. The number of aromatic amines is 1. The molecule has 3 rings (SSSR count). The van der Waals surface area contributed by atoms with Gasteiger partial charge in [0.25, 0.3) is 0 Å². The molecule has 27 heavy (non-hydrogen) atoms. The van der Waals surface area contributed by atoms with E-state index in [2.05, 4.69) is 4.98 Å². The number of carboxylic acids is 1. The first kappa shape index (κ1) is 19.2. The molecule has 1 heterocycles. The number of hydrogen-bond acceptors (Lipinski definition) is 4. The molecule has 0 amide bonds. The van der Waals surface area contributed by atoms with Crippen molar-refractivity contribution >= 4 is 40.1 Å². The lowest BCUT2D eigenvalue weighted by Gasteiger charge is -2.16. The molecule has 6 nitrogen and oxygen atoms in total. The zero-order chi connectivity index (χ0) is 19.7. The van der Waals surface area contributed by atoms with Gasteiger partial charge in [0.1, 0.15) is 0 Å². The van der Waals surface area contributed by atoms with Crippen LogP contribution in [0.5, 0.6) is 17.2 Å². The van der Waals surface area contributed by atoms with Crippen molar-refractivity contribution in [2.24, 2.45) is 0 Å². The first-order chi connectivity index (χ1) is 12.9. The van der Waals surface area contributed by atoms with Crippen LogP contribution >= 0.6 is 23.2 Å². The number of carboxylic acid groups (broad SMARTS) is 1. The molecule has 0 unspecified atom stereocenters. The minimum absolute atomic E-state index is 0.228. The smallest absolute Gasteiger partial charge is 0.307 e. The molecule has 0 saturated carbocycles. The summed E-state index contributed by atoms with van der Waals surface area (Å²) in [6.45, 7) is 0. The molecule has 0 spiro atoms. The lowest BCUT2D eigenvalue weighted by molar-refractivity contribution is -0.136. The summed E-state index contributed by atoms with van der Waals surface area (Å²) in [5.74, 6) is 0.330. The third-order valence-electron chi connectivity index (χ3n) is 4.22. The van der Waals surface area contributed by atoms with Crippen LogP contribution in [-0.4, -0.2) is 37.4 Å². The van der Waals surface area contributed by atoms with Gasteiger partial charge in [0, 0.05) is 21.5 Å². The van der Waals surface area contributed by atoms with Gasteiger partial charge >= 0.3 is 5.97 Å². The maximum Gasteiger partial charge on any atom is 0.307 e. The van der Waals surface area contributed by atoms with E-state index in [4.69, 9.17) is 37.4 Å². The molecule has 0 aliphatic rings. The Morgan fingerprint density at radius 1 is 1.07 bits per heavy atom. The van der Waals surface area contributed by atoms with E-state index in [-0.39, 0.29) is 6.42 Å². The number of nitrogens with one attached hydrogen (secondary N) is 1. The molecular formula is C19H17Cl2NO5. The number of hydrogen-bond donors (Lipinski definition) is 2. The molecular weight excluding hydrogens is 393 g/mol. The van der Waals surface area contributed by atoms with Gasteiger partial charge in [-0.3, -0.25) is 4.79 Å². The standard InChI is InChI=1S/C19H17Cl2NO5/c1-25-14-5-4-10(18(26-2)19(14)27-3)17-11(8-15(23)24)16-12(21)6-9(20)7-13(16)22-17/h4-7,22H,8H2,1-3H3,(H,23,24). The Morgan fingerprint density at radius 3 is 2.37 bits per heavy atom. The summed E-state index contributed by atoms with van der Waals surface area (Å²) in [4.78, 5) is 14.7. The number of rotatable bonds is 6. The van der Waals surface area contributed by atoms with Crippen molar-refractivity contribution in [3.8, 4) is 28.5 Å². The highest BCUT2D eigenvalue weighted by molar-refractivity contribution is 6.39. The van der Waals surface area contributed by atoms with Crippen LogP contribution in [0.3, 0.4) is 0 Å². The number of fused-ring (bicyclic) bond motifs is 1. The predicted molar refractivity (Wildman–Crippen MR) is 105 cm³/mol. The molecule has 0 aliphatic heterocycles. The summed E-state index contributed by atoms with van der Waals surface area (Å²) < 4.78 is 16.3. The SMILES string of the molecule is COc1ccc(-c2[nH]c3cc(Cl)cc(Cl)c3c2CC(=O)O)c(OC)c1OC. The fourth-order valence-corrected chi connectivity index (χ4v) is 3.78. The van der Waals surface area contributed by atoms with Crippen molar-refractivity contribution in [1.82, 2.24) is 4.98 Å². The molecule has 2 N–H and O–H groups in total. The van der Waals surface area contributed by atoms with Crippen LogP contribution < -0.4 is 14.2 Å². The highest BCUT2D eigenvalue weighted by Gasteiger charge is 2.24. The van der Waals surface area contributed by atoms with Gasteiger partial charge in [0.05, 0.1) is 38.5 Å². The number of benzene rings is 2. The van der Waals surface area contributed by atoms with Crippen LogP contribution in [0.25, 0.3) is 22.2 Å². The first-order valence-corrected chi connectivity index (χ1v) is 8.67. The number of aromatic nitrogens is 1. The van der Waals surface area contributed by atoms with Crippen molar-refractivity contribution in [3.05, 3.63) is 39.9 Å². The van der Waals surface area contributed by atoms with Crippen molar-refractivity contribution < 1.29 is 24.1 Å².